The molecule has 1 fully saturated rings. The van der Waals surface area contributed by atoms with Crippen molar-refractivity contribution in [1.82, 2.24) is 0 Å². The summed E-state index contributed by atoms with van der Waals surface area (Å²) in [7, 11) is 3.24. The molecule has 2 rings (SSSR count). The SMILES string of the molecule is COc1ccc(C(O)C2(C)CCCCC2)cc1OC. The van der Waals surface area contributed by atoms with Crippen LogP contribution in [-0.2, 0) is 0 Å². The van der Waals surface area contributed by atoms with E-state index in [0.29, 0.717) is 11.5 Å². The number of ether oxygens (including phenoxy) is 2. The minimum absolute atomic E-state index is 0.0160. The zero-order valence-corrected chi connectivity index (χ0v) is 12.1. The summed E-state index contributed by atoms with van der Waals surface area (Å²) < 4.78 is 10.5. The Morgan fingerprint density at radius 1 is 1.05 bits per heavy atom. The Hall–Kier alpha value is -1.22. The van der Waals surface area contributed by atoms with E-state index < -0.39 is 6.10 Å². The summed E-state index contributed by atoms with van der Waals surface area (Å²) in [5.74, 6) is 1.38. The third-order valence-corrected chi connectivity index (χ3v) is 4.38. The zero-order valence-electron chi connectivity index (χ0n) is 12.1. The summed E-state index contributed by atoms with van der Waals surface area (Å²) in [6, 6.07) is 5.69. The molecule has 1 aliphatic carbocycles. The minimum Gasteiger partial charge on any atom is -0.493 e. The number of hydrogen-bond acceptors (Lipinski definition) is 3. The van der Waals surface area contributed by atoms with E-state index in [1.807, 2.05) is 18.2 Å². The third kappa shape index (κ3) is 2.86. The maximum Gasteiger partial charge on any atom is 0.161 e. The lowest BCUT2D eigenvalue weighted by Crippen LogP contribution is -2.28. The van der Waals surface area contributed by atoms with Crippen molar-refractivity contribution in [3.05, 3.63) is 23.8 Å². The normalized spacial score (nSPS) is 19.8. The molecule has 0 radical (unpaired) electrons. The first-order chi connectivity index (χ1) is 9.10. The number of rotatable bonds is 4. The molecule has 1 saturated carbocycles. The van der Waals surface area contributed by atoms with Crippen molar-refractivity contribution in [3.8, 4) is 11.5 Å². The molecule has 0 saturated heterocycles. The summed E-state index contributed by atoms with van der Waals surface area (Å²) >= 11 is 0. The number of benzene rings is 1. The van der Waals surface area contributed by atoms with Crippen LogP contribution in [0.15, 0.2) is 18.2 Å². The van der Waals surface area contributed by atoms with Crippen LogP contribution in [0.1, 0.15) is 50.7 Å². The van der Waals surface area contributed by atoms with Crippen LogP contribution in [0.3, 0.4) is 0 Å². The first kappa shape index (κ1) is 14.2. The van der Waals surface area contributed by atoms with Crippen LogP contribution in [0.25, 0.3) is 0 Å². The van der Waals surface area contributed by atoms with Gasteiger partial charge in [-0.15, -0.1) is 0 Å². The molecule has 0 aliphatic heterocycles. The predicted octanol–water partition coefficient (Wildman–Crippen LogP) is 3.71. The maximum absolute atomic E-state index is 10.7. The first-order valence-electron chi connectivity index (χ1n) is 7.01. The van der Waals surface area contributed by atoms with Gasteiger partial charge in [-0.25, -0.2) is 0 Å². The van der Waals surface area contributed by atoms with E-state index in [4.69, 9.17) is 9.47 Å². The van der Waals surface area contributed by atoms with Crippen LogP contribution in [0, 0.1) is 5.41 Å². The lowest BCUT2D eigenvalue weighted by molar-refractivity contribution is 0.00804. The highest BCUT2D eigenvalue weighted by Crippen LogP contribution is 2.46. The Morgan fingerprint density at radius 2 is 1.68 bits per heavy atom. The minimum atomic E-state index is -0.437. The van der Waals surface area contributed by atoms with Gasteiger partial charge in [0.05, 0.1) is 20.3 Å². The van der Waals surface area contributed by atoms with Crippen molar-refractivity contribution in [1.29, 1.82) is 0 Å². The number of aliphatic hydroxyl groups is 1. The molecule has 3 heteroatoms. The molecule has 0 amide bonds. The van der Waals surface area contributed by atoms with Crippen molar-refractivity contribution < 1.29 is 14.6 Å². The van der Waals surface area contributed by atoms with E-state index in [9.17, 15) is 5.11 Å². The third-order valence-electron chi connectivity index (χ3n) is 4.38. The van der Waals surface area contributed by atoms with Gasteiger partial charge in [0.25, 0.3) is 0 Å². The molecule has 1 aromatic carbocycles. The van der Waals surface area contributed by atoms with E-state index in [-0.39, 0.29) is 5.41 Å². The zero-order chi connectivity index (χ0) is 13.9. The van der Waals surface area contributed by atoms with Gasteiger partial charge in [-0.1, -0.05) is 32.3 Å². The van der Waals surface area contributed by atoms with Crippen molar-refractivity contribution in [2.24, 2.45) is 5.41 Å². The molecule has 0 spiro atoms. The van der Waals surface area contributed by atoms with E-state index in [0.717, 1.165) is 18.4 Å². The number of aliphatic hydroxyl groups excluding tert-OH is 1. The van der Waals surface area contributed by atoms with Gasteiger partial charge >= 0.3 is 0 Å². The smallest absolute Gasteiger partial charge is 0.161 e. The molecular formula is C16H24O3. The average Bonchev–Trinajstić information content (AvgIpc) is 2.46. The highest BCUT2D eigenvalue weighted by atomic mass is 16.5. The van der Waals surface area contributed by atoms with Gasteiger partial charge in [0.2, 0.25) is 0 Å². The molecule has 106 valence electrons. The highest BCUT2D eigenvalue weighted by Gasteiger charge is 2.35. The summed E-state index contributed by atoms with van der Waals surface area (Å²) in [6.07, 6.45) is 5.44. The van der Waals surface area contributed by atoms with Gasteiger partial charge in [-0.3, -0.25) is 0 Å². The fraction of sp³-hybridized carbons (Fsp3) is 0.625. The molecule has 1 N–H and O–H groups in total. The Morgan fingerprint density at radius 3 is 2.26 bits per heavy atom. The Balaban J connectivity index is 2.25. The van der Waals surface area contributed by atoms with Gasteiger partial charge < -0.3 is 14.6 Å². The number of hydrogen-bond donors (Lipinski definition) is 1. The second kappa shape index (κ2) is 5.83. The largest absolute Gasteiger partial charge is 0.493 e. The van der Waals surface area contributed by atoms with Gasteiger partial charge in [0.1, 0.15) is 0 Å². The summed E-state index contributed by atoms with van der Waals surface area (Å²) in [4.78, 5) is 0. The van der Waals surface area contributed by atoms with Gasteiger partial charge in [-0.05, 0) is 36.0 Å². The second-order valence-corrected chi connectivity index (χ2v) is 5.73. The van der Waals surface area contributed by atoms with E-state index in [2.05, 4.69) is 6.92 Å². The van der Waals surface area contributed by atoms with Crippen LogP contribution >= 0.6 is 0 Å². The summed E-state index contributed by atoms with van der Waals surface area (Å²) in [5.41, 5.74) is 0.903. The predicted molar refractivity (Wildman–Crippen MR) is 75.7 cm³/mol. The second-order valence-electron chi connectivity index (χ2n) is 5.73. The van der Waals surface area contributed by atoms with Gasteiger partial charge in [0.15, 0.2) is 11.5 Å². The van der Waals surface area contributed by atoms with Gasteiger partial charge in [0, 0.05) is 0 Å². The van der Waals surface area contributed by atoms with E-state index >= 15 is 0 Å². The van der Waals surface area contributed by atoms with Crippen LogP contribution < -0.4 is 9.47 Å². The Labute approximate surface area is 115 Å². The molecule has 1 aliphatic rings. The van der Waals surface area contributed by atoms with Crippen LogP contribution in [-0.4, -0.2) is 19.3 Å². The maximum atomic E-state index is 10.7. The molecule has 3 nitrogen and oxygen atoms in total. The molecule has 19 heavy (non-hydrogen) atoms. The highest BCUT2D eigenvalue weighted by molar-refractivity contribution is 5.43. The van der Waals surface area contributed by atoms with Crippen molar-refractivity contribution >= 4 is 0 Å². The molecule has 0 aromatic heterocycles. The quantitative estimate of drug-likeness (QED) is 0.901. The van der Waals surface area contributed by atoms with E-state index in [1.54, 1.807) is 14.2 Å². The van der Waals surface area contributed by atoms with Gasteiger partial charge in [-0.2, -0.15) is 0 Å². The monoisotopic (exact) mass is 264 g/mol. The molecule has 0 bridgehead atoms. The van der Waals surface area contributed by atoms with Crippen molar-refractivity contribution in [2.75, 3.05) is 14.2 Å². The standard InChI is InChI=1S/C16H24O3/c1-16(9-5-4-6-10-16)15(17)12-7-8-13(18-2)14(11-12)19-3/h7-8,11,15,17H,4-6,9-10H2,1-3H3. The van der Waals surface area contributed by atoms with Crippen LogP contribution in [0.2, 0.25) is 0 Å². The van der Waals surface area contributed by atoms with Crippen LogP contribution in [0.5, 0.6) is 11.5 Å². The summed E-state index contributed by atoms with van der Waals surface area (Å²) in [5, 5.41) is 10.7. The van der Waals surface area contributed by atoms with E-state index in [1.165, 1.54) is 19.3 Å². The molecule has 1 unspecified atom stereocenters. The first-order valence-corrected chi connectivity index (χ1v) is 7.01. The molecule has 1 atom stereocenters. The molecule has 1 aromatic rings. The molecular weight excluding hydrogens is 240 g/mol. The average molecular weight is 264 g/mol. The topological polar surface area (TPSA) is 38.7 Å². The lowest BCUT2D eigenvalue weighted by Gasteiger charge is -2.38. The Kier molecular flexibility index (Phi) is 4.35. The van der Waals surface area contributed by atoms with Crippen LogP contribution in [0.4, 0.5) is 0 Å². The number of methoxy groups -OCH3 is 2. The fourth-order valence-corrected chi connectivity index (χ4v) is 3.06. The molecule has 0 heterocycles. The summed E-state index contributed by atoms with van der Waals surface area (Å²) in [6.45, 7) is 2.19. The Bertz CT molecular complexity index is 422. The van der Waals surface area contributed by atoms with Crippen molar-refractivity contribution in [3.63, 3.8) is 0 Å². The lowest BCUT2D eigenvalue weighted by atomic mass is 9.70. The fourth-order valence-electron chi connectivity index (χ4n) is 3.06. The van der Waals surface area contributed by atoms with Crippen molar-refractivity contribution in [2.45, 2.75) is 45.1 Å².